The quantitative estimate of drug-likeness (QED) is 0.860. The van der Waals surface area contributed by atoms with Crippen LogP contribution in [0.5, 0.6) is 0 Å². The van der Waals surface area contributed by atoms with E-state index >= 15 is 0 Å². The van der Waals surface area contributed by atoms with E-state index in [1.54, 1.807) is 29.2 Å². The van der Waals surface area contributed by atoms with E-state index in [2.05, 4.69) is 15.0 Å². The first kappa shape index (κ1) is 11.0. The van der Waals surface area contributed by atoms with Crippen LogP contribution < -0.4 is 4.90 Å². The van der Waals surface area contributed by atoms with E-state index in [4.69, 9.17) is 5.11 Å². The van der Waals surface area contributed by atoms with Gasteiger partial charge in [-0.2, -0.15) is 0 Å². The molecule has 0 unspecified atom stereocenters. The Morgan fingerprint density at radius 3 is 2.62 bits per heavy atom. The Kier molecular flexibility index (Phi) is 3.43. The van der Waals surface area contributed by atoms with Gasteiger partial charge in [-0.3, -0.25) is 0 Å². The van der Waals surface area contributed by atoms with Gasteiger partial charge in [-0.15, -0.1) is 11.3 Å². The van der Waals surface area contributed by atoms with Crippen molar-refractivity contribution in [2.24, 2.45) is 0 Å². The van der Waals surface area contributed by atoms with Crippen LogP contribution in [0.1, 0.15) is 11.3 Å². The number of aromatic nitrogens is 3. The van der Waals surface area contributed by atoms with Gasteiger partial charge >= 0.3 is 0 Å². The zero-order valence-electron chi connectivity index (χ0n) is 8.87. The van der Waals surface area contributed by atoms with Crippen molar-refractivity contribution in [1.29, 1.82) is 0 Å². The molecule has 2 aromatic rings. The molecule has 0 saturated carbocycles. The summed E-state index contributed by atoms with van der Waals surface area (Å²) in [6.45, 7) is 0.651. The lowest BCUT2D eigenvalue weighted by Gasteiger charge is -2.15. The molecule has 0 amide bonds. The summed E-state index contributed by atoms with van der Waals surface area (Å²) in [6, 6.07) is 0. The third-order valence-corrected chi connectivity index (χ3v) is 2.73. The minimum absolute atomic E-state index is 0.0317. The standard InChI is InChI=1S/C10H12N4OS/c1-14(4-9-6-16-7-13-9)10-11-2-8(5-15)3-12-10/h2-3,6-7,15H,4-5H2,1H3. The van der Waals surface area contributed by atoms with Crippen molar-refractivity contribution in [2.75, 3.05) is 11.9 Å². The number of thiazole rings is 1. The molecule has 0 aromatic carbocycles. The van der Waals surface area contributed by atoms with E-state index in [0.717, 1.165) is 5.69 Å². The van der Waals surface area contributed by atoms with Crippen molar-refractivity contribution < 1.29 is 5.11 Å². The lowest BCUT2D eigenvalue weighted by molar-refractivity contribution is 0.281. The number of hydrogen-bond donors (Lipinski definition) is 1. The first-order chi connectivity index (χ1) is 7.79. The molecule has 0 atom stereocenters. The Morgan fingerprint density at radius 1 is 1.31 bits per heavy atom. The largest absolute Gasteiger partial charge is 0.392 e. The van der Waals surface area contributed by atoms with Gasteiger partial charge in [0.1, 0.15) is 0 Å². The van der Waals surface area contributed by atoms with Crippen LogP contribution in [0.3, 0.4) is 0 Å². The second-order valence-electron chi connectivity index (χ2n) is 3.39. The lowest BCUT2D eigenvalue weighted by atomic mass is 10.4. The van der Waals surface area contributed by atoms with E-state index in [1.165, 1.54) is 0 Å². The number of nitrogens with zero attached hydrogens (tertiary/aromatic N) is 4. The molecule has 1 N–H and O–H groups in total. The first-order valence-electron chi connectivity index (χ1n) is 4.79. The molecule has 6 heteroatoms. The maximum atomic E-state index is 8.87. The van der Waals surface area contributed by atoms with E-state index in [0.29, 0.717) is 18.1 Å². The molecule has 0 aliphatic carbocycles. The monoisotopic (exact) mass is 236 g/mol. The van der Waals surface area contributed by atoms with Gasteiger partial charge in [-0.25, -0.2) is 15.0 Å². The highest BCUT2D eigenvalue weighted by atomic mass is 32.1. The highest BCUT2D eigenvalue weighted by Crippen LogP contribution is 2.10. The zero-order valence-corrected chi connectivity index (χ0v) is 9.68. The Morgan fingerprint density at radius 2 is 2.06 bits per heavy atom. The highest BCUT2D eigenvalue weighted by Gasteiger charge is 2.06. The number of aliphatic hydroxyl groups excluding tert-OH is 1. The van der Waals surface area contributed by atoms with Crippen LogP contribution in [0, 0.1) is 0 Å². The van der Waals surface area contributed by atoms with Crippen molar-refractivity contribution in [2.45, 2.75) is 13.2 Å². The summed E-state index contributed by atoms with van der Waals surface area (Å²) in [5.74, 6) is 0.630. The van der Waals surface area contributed by atoms with Gasteiger partial charge < -0.3 is 10.0 Å². The van der Waals surface area contributed by atoms with E-state index in [9.17, 15) is 0 Å². The van der Waals surface area contributed by atoms with Gasteiger partial charge in [0.2, 0.25) is 5.95 Å². The molecule has 84 valence electrons. The summed E-state index contributed by atoms with van der Waals surface area (Å²) >= 11 is 1.57. The van der Waals surface area contributed by atoms with Gasteiger partial charge in [-0.1, -0.05) is 0 Å². The van der Waals surface area contributed by atoms with E-state index in [-0.39, 0.29) is 6.61 Å². The smallest absolute Gasteiger partial charge is 0.225 e. The highest BCUT2D eigenvalue weighted by molar-refractivity contribution is 7.07. The normalized spacial score (nSPS) is 10.4. The summed E-state index contributed by atoms with van der Waals surface area (Å²) in [4.78, 5) is 14.4. The Balaban J connectivity index is 2.05. The minimum Gasteiger partial charge on any atom is -0.392 e. The summed E-state index contributed by atoms with van der Waals surface area (Å²) in [5, 5.41) is 10.9. The number of rotatable bonds is 4. The van der Waals surface area contributed by atoms with Crippen LogP contribution in [-0.4, -0.2) is 27.1 Å². The number of aliphatic hydroxyl groups is 1. The van der Waals surface area contributed by atoms with E-state index < -0.39 is 0 Å². The molecule has 2 heterocycles. The van der Waals surface area contributed by atoms with Crippen molar-refractivity contribution in [3.8, 4) is 0 Å². The second-order valence-corrected chi connectivity index (χ2v) is 4.10. The van der Waals surface area contributed by atoms with Gasteiger partial charge in [0.15, 0.2) is 0 Å². The van der Waals surface area contributed by atoms with Crippen molar-refractivity contribution in [3.05, 3.63) is 34.5 Å². The SMILES string of the molecule is CN(Cc1cscn1)c1ncc(CO)cn1. The molecule has 0 fully saturated rings. The first-order valence-corrected chi connectivity index (χ1v) is 5.74. The number of anilines is 1. The molecule has 0 aliphatic rings. The molecule has 5 nitrogen and oxygen atoms in total. The zero-order chi connectivity index (χ0) is 11.4. The van der Waals surface area contributed by atoms with Crippen LogP contribution in [0.15, 0.2) is 23.3 Å². The molecular weight excluding hydrogens is 224 g/mol. The number of hydrogen-bond acceptors (Lipinski definition) is 6. The fourth-order valence-electron chi connectivity index (χ4n) is 1.26. The van der Waals surface area contributed by atoms with Crippen LogP contribution in [-0.2, 0) is 13.2 Å². The molecule has 0 spiro atoms. The summed E-state index contributed by atoms with van der Waals surface area (Å²) in [5.41, 5.74) is 3.52. The summed E-state index contributed by atoms with van der Waals surface area (Å²) in [7, 11) is 1.91. The maximum Gasteiger partial charge on any atom is 0.225 e. The van der Waals surface area contributed by atoms with Crippen LogP contribution >= 0.6 is 11.3 Å². The molecule has 2 rings (SSSR count). The van der Waals surface area contributed by atoms with Gasteiger partial charge in [-0.05, 0) is 0 Å². The van der Waals surface area contributed by atoms with Crippen LogP contribution in [0.25, 0.3) is 0 Å². The predicted molar refractivity (Wildman–Crippen MR) is 62.2 cm³/mol. The topological polar surface area (TPSA) is 62.1 Å². The summed E-state index contributed by atoms with van der Waals surface area (Å²) < 4.78 is 0. The Hall–Kier alpha value is -1.53. The third-order valence-electron chi connectivity index (χ3n) is 2.10. The maximum absolute atomic E-state index is 8.87. The predicted octanol–water partition coefficient (Wildman–Crippen LogP) is 1.06. The molecule has 2 aromatic heterocycles. The fraction of sp³-hybridized carbons (Fsp3) is 0.300. The Bertz CT molecular complexity index is 429. The van der Waals surface area contributed by atoms with Gasteiger partial charge in [0.05, 0.1) is 24.4 Å². The molecule has 0 saturated heterocycles. The fourth-order valence-corrected chi connectivity index (χ4v) is 1.81. The van der Waals surface area contributed by atoms with Gasteiger partial charge in [0, 0.05) is 30.4 Å². The third kappa shape index (κ3) is 2.53. The molecule has 0 aliphatic heterocycles. The average Bonchev–Trinajstić information content (AvgIpc) is 2.82. The van der Waals surface area contributed by atoms with Crippen LogP contribution in [0.4, 0.5) is 5.95 Å². The lowest BCUT2D eigenvalue weighted by Crippen LogP contribution is -2.19. The van der Waals surface area contributed by atoms with E-state index in [1.807, 2.05) is 17.3 Å². The second kappa shape index (κ2) is 5.00. The minimum atomic E-state index is -0.0317. The van der Waals surface area contributed by atoms with Crippen LogP contribution in [0.2, 0.25) is 0 Å². The Labute approximate surface area is 97.4 Å². The van der Waals surface area contributed by atoms with Crippen molar-refractivity contribution in [1.82, 2.24) is 15.0 Å². The molecule has 0 radical (unpaired) electrons. The molecule has 16 heavy (non-hydrogen) atoms. The molecule has 0 bridgehead atoms. The van der Waals surface area contributed by atoms with Gasteiger partial charge in [0.25, 0.3) is 0 Å². The van der Waals surface area contributed by atoms with Crippen molar-refractivity contribution >= 4 is 17.3 Å². The summed E-state index contributed by atoms with van der Waals surface area (Å²) in [6.07, 6.45) is 3.25. The average molecular weight is 236 g/mol. The molecular formula is C10H12N4OS. The van der Waals surface area contributed by atoms with Crippen molar-refractivity contribution in [3.63, 3.8) is 0 Å².